The summed E-state index contributed by atoms with van der Waals surface area (Å²) in [5.41, 5.74) is -0.579. The second-order valence-corrected chi connectivity index (χ2v) is 6.19. The molecule has 0 aliphatic heterocycles. The SMILES string of the molecule is Cc1cc(C(=O)c2cnccc2C(F)(F)F)sc1Br. The second kappa shape index (κ2) is 5.05. The highest BCUT2D eigenvalue weighted by molar-refractivity contribution is 9.11. The first-order valence-corrected chi connectivity index (χ1v) is 6.73. The molecule has 7 heteroatoms. The van der Waals surface area contributed by atoms with E-state index in [-0.39, 0.29) is 4.88 Å². The van der Waals surface area contributed by atoms with Gasteiger partial charge < -0.3 is 0 Å². The third-order valence-corrected chi connectivity index (χ3v) is 4.59. The number of hydrogen-bond acceptors (Lipinski definition) is 3. The van der Waals surface area contributed by atoms with Crippen molar-refractivity contribution in [1.82, 2.24) is 4.98 Å². The predicted molar refractivity (Wildman–Crippen MR) is 69.4 cm³/mol. The maximum Gasteiger partial charge on any atom is 0.417 e. The van der Waals surface area contributed by atoms with E-state index in [1.165, 1.54) is 0 Å². The average Bonchev–Trinajstić information content (AvgIpc) is 2.68. The van der Waals surface area contributed by atoms with Crippen molar-refractivity contribution < 1.29 is 18.0 Å². The van der Waals surface area contributed by atoms with Gasteiger partial charge in [-0.2, -0.15) is 13.2 Å². The van der Waals surface area contributed by atoms with Crippen molar-refractivity contribution in [3.05, 3.63) is 49.9 Å². The Bertz CT molecular complexity index is 617. The molecule has 0 amide bonds. The summed E-state index contributed by atoms with van der Waals surface area (Å²) in [4.78, 5) is 16.0. The number of ketones is 1. The van der Waals surface area contributed by atoms with Crippen LogP contribution in [0.25, 0.3) is 0 Å². The molecule has 2 nitrogen and oxygen atoms in total. The number of nitrogens with zero attached hydrogens (tertiary/aromatic N) is 1. The molecule has 2 heterocycles. The molecule has 0 aliphatic rings. The van der Waals surface area contributed by atoms with E-state index in [2.05, 4.69) is 20.9 Å². The highest BCUT2D eigenvalue weighted by atomic mass is 79.9. The number of carbonyl (C=O) groups excluding carboxylic acids is 1. The molecule has 0 saturated carbocycles. The van der Waals surface area contributed by atoms with Crippen LogP contribution < -0.4 is 0 Å². The van der Waals surface area contributed by atoms with Crippen molar-refractivity contribution in [2.24, 2.45) is 0 Å². The molecule has 0 radical (unpaired) electrons. The maximum atomic E-state index is 12.8. The van der Waals surface area contributed by atoms with Gasteiger partial charge in [0.1, 0.15) is 0 Å². The van der Waals surface area contributed by atoms with Crippen molar-refractivity contribution in [2.45, 2.75) is 13.1 Å². The maximum absolute atomic E-state index is 12.8. The summed E-state index contributed by atoms with van der Waals surface area (Å²) in [6.07, 6.45) is -2.60. The minimum absolute atomic E-state index is 0.253. The molecule has 2 rings (SSSR count). The van der Waals surface area contributed by atoms with Crippen LogP contribution in [-0.2, 0) is 6.18 Å². The lowest BCUT2D eigenvalue weighted by Crippen LogP contribution is -2.13. The van der Waals surface area contributed by atoms with E-state index >= 15 is 0 Å². The zero-order valence-corrected chi connectivity index (χ0v) is 12.0. The fourth-order valence-electron chi connectivity index (χ4n) is 1.53. The van der Waals surface area contributed by atoms with Crippen LogP contribution in [0.3, 0.4) is 0 Å². The minimum Gasteiger partial charge on any atom is -0.288 e. The third kappa shape index (κ3) is 2.87. The Kier molecular flexibility index (Phi) is 3.78. The van der Waals surface area contributed by atoms with Crippen LogP contribution in [-0.4, -0.2) is 10.8 Å². The smallest absolute Gasteiger partial charge is 0.288 e. The van der Waals surface area contributed by atoms with Crippen LogP contribution in [0.15, 0.2) is 28.3 Å². The number of hydrogen-bond donors (Lipinski definition) is 0. The molecule has 100 valence electrons. The number of aryl methyl sites for hydroxylation is 1. The molecule has 0 atom stereocenters. The summed E-state index contributed by atoms with van der Waals surface area (Å²) in [6, 6.07) is 2.37. The summed E-state index contributed by atoms with van der Waals surface area (Å²) < 4.78 is 39.2. The molecule has 0 bridgehead atoms. The Hall–Kier alpha value is -1.21. The first-order valence-electron chi connectivity index (χ1n) is 5.12. The number of rotatable bonds is 2. The standard InChI is InChI=1S/C12H7BrF3NOS/c1-6-4-9(19-11(6)13)10(18)7-5-17-3-2-8(7)12(14,15)16/h2-5H,1H3. The third-order valence-electron chi connectivity index (χ3n) is 2.45. The lowest BCUT2D eigenvalue weighted by Gasteiger charge is -2.10. The van der Waals surface area contributed by atoms with Gasteiger partial charge in [-0.1, -0.05) is 0 Å². The molecule has 0 unspecified atom stereocenters. The molecule has 0 fully saturated rings. The van der Waals surface area contributed by atoms with E-state index in [1.807, 2.05) is 0 Å². The van der Waals surface area contributed by atoms with Crippen LogP contribution in [0.5, 0.6) is 0 Å². The van der Waals surface area contributed by atoms with Gasteiger partial charge in [0.15, 0.2) is 0 Å². The summed E-state index contributed by atoms with van der Waals surface area (Å²) in [6.45, 7) is 1.77. The molecule has 0 N–H and O–H groups in total. The Labute approximate surface area is 119 Å². The Morgan fingerprint density at radius 1 is 1.42 bits per heavy atom. The molecular formula is C12H7BrF3NOS. The highest BCUT2D eigenvalue weighted by Crippen LogP contribution is 2.34. The molecule has 0 aliphatic carbocycles. The quantitative estimate of drug-likeness (QED) is 0.749. The monoisotopic (exact) mass is 349 g/mol. The summed E-state index contributed by atoms with van der Waals surface area (Å²) in [5, 5.41) is 0. The normalized spacial score (nSPS) is 11.6. The van der Waals surface area contributed by atoms with Crippen molar-refractivity contribution >= 4 is 33.0 Å². The number of alkyl halides is 3. The van der Waals surface area contributed by atoms with Gasteiger partial charge in [0.2, 0.25) is 5.78 Å². The number of halogens is 4. The van der Waals surface area contributed by atoms with Gasteiger partial charge >= 0.3 is 6.18 Å². The number of thiophene rings is 1. The van der Waals surface area contributed by atoms with Crippen LogP contribution >= 0.6 is 27.3 Å². The lowest BCUT2D eigenvalue weighted by atomic mass is 10.0. The van der Waals surface area contributed by atoms with E-state index in [0.29, 0.717) is 0 Å². The molecular weight excluding hydrogens is 343 g/mol. The van der Waals surface area contributed by atoms with E-state index in [0.717, 1.165) is 39.1 Å². The fraction of sp³-hybridized carbons (Fsp3) is 0.167. The summed E-state index contributed by atoms with van der Waals surface area (Å²) in [7, 11) is 0. The van der Waals surface area contributed by atoms with Crippen LogP contribution in [0.4, 0.5) is 13.2 Å². The summed E-state index contributed by atoms with van der Waals surface area (Å²) >= 11 is 4.35. The number of carbonyl (C=O) groups is 1. The molecule has 0 saturated heterocycles. The average molecular weight is 350 g/mol. The van der Waals surface area contributed by atoms with Gasteiger partial charge in [-0.3, -0.25) is 9.78 Å². The van der Waals surface area contributed by atoms with E-state index in [9.17, 15) is 18.0 Å². The molecule has 2 aromatic heterocycles. The largest absolute Gasteiger partial charge is 0.417 e. The van der Waals surface area contributed by atoms with Crippen LogP contribution in [0.2, 0.25) is 0 Å². The van der Waals surface area contributed by atoms with Crippen molar-refractivity contribution in [2.75, 3.05) is 0 Å². The Morgan fingerprint density at radius 3 is 2.63 bits per heavy atom. The van der Waals surface area contributed by atoms with Crippen molar-refractivity contribution in [3.8, 4) is 0 Å². The van der Waals surface area contributed by atoms with Crippen LogP contribution in [0.1, 0.15) is 26.4 Å². The highest BCUT2D eigenvalue weighted by Gasteiger charge is 2.35. The van der Waals surface area contributed by atoms with Gasteiger partial charge in [-0.25, -0.2) is 0 Å². The first-order chi connectivity index (χ1) is 8.80. The lowest BCUT2D eigenvalue weighted by molar-refractivity contribution is -0.137. The van der Waals surface area contributed by atoms with Gasteiger partial charge in [0, 0.05) is 12.4 Å². The number of pyridine rings is 1. The zero-order valence-electron chi connectivity index (χ0n) is 9.58. The Balaban J connectivity index is 2.51. The van der Waals surface area contributed by atoms with Gasteiger partial charge in [-0.05, 0) is 40.5 Å². The molecule has 19 heavy (non-hydrogen) atoms. The van der Waals surface area contributed by atoms with Crippen LogP contribution in [0, 0.1) is 6.92 Å². The van der Waals surface area contributed by atoms with Crippen molar-refractivity contribution in [3.63, 3.8) is 0 Å². The predicted octanol–water partition coefficient (Wildman–Crippen LogP) is 4.46. The van der Waals surface area contributed by atoms with E-state index in [4.69, 9.17) is 0 Å². The topological polar surface area (TPSA) is 30.0 Å². The molecule has 0 aromatic carbocycles. The van der Waals surface area contributed by atoms with E-state index < -0.39 is 23.1 Å². The minimum atomic E-state index is -4.57. The molecule has 2 aromatic rings. The fourth-order valence-corrected chi connectivity index (χ4v) is 3.02. The first kappa shape index (κ1) is 14.2. The summed E-state index contributed by atoms with van der Waals surface area (Å²) in [5.74, 6) is -0.667. The molecule has 0 spiro atoms. The van der Waals surface area contributed by atoms with E-state index in [1.54, 1.807) is 13.0 Å². The second-order valence-electron chi connectivity index (χ2n) is 3.82. The van der Waals surface area contributed by atoms with Crippen molar-refractivity contribution in [1.29, 1.82) is 0 Å². The van der Waals surface area contributed by atoms with Gasteiger partial charge in [-0.15, -0.1) is 11.3 Å². The zero-order chi connectivity index (χ0) is 14.2. The number of aromatic nitrogens is 1. The van der Waals surface area contributed by atoms with Gasteiger partial charge in [0.25, 0.3) is 0 Å². The Morgan fingerprint density at radius 2 is 2.11 bits per heavy atom. The van der Waals surface area contributed by atoms with Gasteiger partial charge in [0.05, 0.1) is 19.8 Å².